The van der Waals surface area contributed by atoms with E-state index in [9.17, 15) is 30.0 Å². The maximum absolute atomic E-state index is 12.2. The molecule has 1 heterocycles. The van der Waals surface area contributed by atoms with Crippen LogP contribution in [0.2, 0.25) is 0 Å². The van der Waals surface area contributed by atoms with Gasteiger partial charge in [-0.15, -0.1) is 0 Å². The molecule has 192 valence electrons. The predicted octanol–water partition coefficient (Wildman–Crippen LogP) is 2.72. The number of aliphatic hydroxyl groups excluding tert-OH is 3. The van der Waals surface area contributed by atoms with E-state index in [4.69, 9.17) is 9.47 Å². The number of hydrogen-bond donors (Lipinski definition) is 4. The number of rotatable bonds is 9. The van der Waals surface area contributed by atoms with Crippen LogP contribution in [-0.2, 0) is 14.3 Å². The summed E-state index contributed by atoms with van der Waals surface area (Å²) in [6, 6.07) is 10.1. The summed E-state index contributed by atoms with van der Waals surface area (Å²) in [4.78, 5) is 24.3. The SMILES string of the molecule is Cc1cc(/C=C/C(=O)CC(=O)/C=C/c2ccc(O[C@@H]3O[C@H](CO)[C@@H](O)[C@H](C)[C@H]3O)c(C)c2)ccc1O. The number of hydrogen-bond acceptors (Lipinski definition) is 8. The Morgan fingerprint density at radius 2 is 1.53 bits per heavy atom. The molecule has 0 saturated carbocycles. The van der Waals surface area contributed by atoms with Gasteiger partial charge < -0.3 is 29.9 Å². The van der Waals surface area contributed by atoms with Crippen LogP contribution in [0, 0.1) is 19.8 Å². The lowest BCUT2D eigenvalue weighted by Crippen LogP contribution is -2.56. The molecule has 5 atom stereocenters. The zero-order valence-corrected chi connectivity index (χ0v) is 20.5. The van der Waals surface area contributed by atoms with Crippen LogP contribution in [0.15, 0.2) is 48.6 Å². The van der Waals surface area contributed by atoms with E-state index in [-0.39, 0.29) is 23.7 Å². The highest BCUT2D eigenvalue weighted by Crippen LogP contribution is 2.29. The lowest BCUT2D eigenvalue weighted by Gasteiger charge is -2.40. The lowest BCUT2D eigenvalue weighted by molar-refractivity contribution is -0.260. The molecule has 0 spiro atoms. The van der Waals surface area contributed by atoms with Gasteiger partial charge in [0.2, 0.25) is 6.29 Å². The molecule has 0 amide bonds. The van der Waals surface area contributed by atoms with Gasteiger partial charge in [-0.1, -0.05) is 31.2 Å². The highest BCUT2D eigenvalue weighted by atomic mass is 16.7. The summed E-state index contributed by atoms with van der Waals surface area (Å²) in [5.41, 5.74) is 2.89. The van der Waals surface area contributed by atoms with Crippen molar-refractivity contribution in [3.05, 3.63) is 70.8 Å². The number of ketones is 2. The van der Waals surface area contributed by atoms with E-state index < -0.39 is 37.1 Å². The third-order valence-corrected chi connectivity index (χ3v) is 6.16. The maximum Gasteiger partial charge on any atom is 0.226 e. The van der Waals surface area contributed by atoms with Crippen molar-refractivity contribution in [2.45, 2.75) is 51.8 Å². The second-order valence-electron chi connectivity index (χ2n) is 9.03. The molecular weight excluding hydrogens is 464 g/mol. The van der Waals surface area contributed by atoms with E-state index in [0.717, 1.165) is 16.7 Å². The van der Waals surface area contributed by atoms with Gasteiger partial charge in [0.05, 0.1) is 19.1 Å². The van der Waals surface area contributed by atoms with Crippen molar-refractivity contribution in [3.63, 3.8) is 0 Å². The second-order valence-corrected chi connectivity index (χ2v) is 9.03. The first-order valence-electron chi connectivity index (χ1n) is 11.7. The molecule has 1 saturated heterocycles. The average molecular weight is 497 g/mol. The summed E-state index contributed by atoms with van der Waals surface area (Å²) in [5.74, 6) is -0.587. The van der Waals surface area contributed by atoms with Crippen LogP contribution in [-0.4, -0.2) is 63.2 Å². The number of phenols is 1. The van der Waals surface area contributed by atoms with Gasteiger partial charge in [-0.2, -0.15) is 0 Å². The van der Waals surface area contributed by atoms with Crippen LogP contribution in [0.5, 0.6) is 11.5 Å². The molecule has 1 fully saturated rings. The van der Waals surface area contributed by atoms with Gasteiger partial charge >= 0.3 is 0 Å². The Morgan fingerprint density at radius 3 is 2.08 bits per heavy atom. The summed E-state index contributed by atoms with van der Waals surface area (Å²) in [6.45, 7) is 4.81. The summed E-state index contributed by atoms with van der Waals surface area (Å²) in [6.07, 6.45) is 1.63. The van der Waals surface area contributed by atoms with E-state index >= 15 is 0 Å². The molecule has 36 heavy (non-hydrogen) atoms. The molecule has 2 aromatic rings. The van der Waals surface area contributed by atoms with Gasteiger partial charge in [-0.3, -0.25) is 9.59 Å². The van der Waals surface area contributed by atoms with Gasteiger partial charge in [0.15, 0.2) is 11.6 Å². The Bertz CT molecular complexity index is 1150. The average Bonchev–Trinajstić information content (AvgIpc) is 2.85. The molecule has 4 N–H and O–H groups in total. The number of aromatic hydroxyl groups is 1. The largest absolute Gasteiger partial charge is 0.508 e. The predicted molar refractivity (Wildman–Crippen MR) is 134 cm³/mol. The molecule has 0 bridgehead atoms. The third kappa shape index (κ3) is 6.89. The van der Waals surface area contributed by atoms with Gasteiger partial charge in [0, 0.05) is 5.92 Å². The molecule has 0 aliphatic carbocycles. The first-order chi connectivity index (χ1) is 17.1. The van der Waals surface area contributed by atoms with Crippen molar-refractivity contribution in [1.82, 2.24) is 0 Å². The van der Waals surface area contributed by atoms with Crippen molar-refractivity contribution in [3.8, 4) is 11.5 Å². The topological polar surface area (TPSA) is 134 Å². The van der Waals surface area contributed by atoms with E-state index in [1.807, 2.05) is 0 Å². The zero-order chi connectivity index (χ0) is 26.4. The first-order valence-corrected chi connectivity index (χ1v) is 11.7. The van der Waals surface area contributed by atoms with Crippen LogP contribution >= 0.6 is 0 Å². The highest BCUT2D eigenvalue weighted by molar-refractivity contribution is 6.10. The molecule has 0 unspecified atom stereocenters. The third-order valence-electron chi connectivity index (χ3n) is 6.16. The lowest BCUT2D eigenvalue weighted by atomic mass is 9.91. The number of aliphatic hydroxyl groups is 3. The minimum absolute atomic E-state index is 0.179. The number of allylic oxidation sites excluding steroid dienone is 2. The van der Waals surface area contributed by atoms with Crippen LogP contribution in [0.1, 0.15) is 35.6 Å². The minimum Gasteiger partial charge on any atom is -0.508 e. The molecule has 2 aromatic carbocycles. The molecule has 1 aliphatic rings. The molecule has 0 radical (unpaired) electrons. The fourth-order valence-electron chi connectivity index (χ4n) is 3.85. The molecule has 8 nitrogen and oxygen atoms in total. The Balaban J connectivity index is 1.57. The Kier molecular flexibility index (Phi) is 9.17. The van der Waals surface area contributed by atoms with Crippen LogP contribution in [0.25, 0.3) is 12.2 Å². The quantitative estimate of drug-likeness (QED) is 0.308. The number of carbonyl (C=O) groups excluding carboxylic acids is 2. The van der Waals surface area contributed by atoms with Gasteiger partial charge in [0.25, 0.3) is 0 Å². The fraction of sp³-hybridized carbons (Fsp3) is 0.357. The monoisotopic (exact) mass is 496 g/mol. The van der Waals surface area contributed by atoms with Gasteiger partial charge in [0.1, 0.15) is 23.7 Å². The van der Waals surface area contributed by atoms with E-state index in [1.54, 1.807) is 69.3 Å². The Morgan fingerprint density at radius 1 is 0.944 bits per heavy atom. The second kappa shape index (κ2) is 12.1. The van der Waals surface area contributed by atoms with Crippen LogP contribution in [0.3, 0.4) is 0 Å². The molecule has 3 rings (SSSR count). The number of ether oxygens (including phenoxy) is 2. The van der Waals surface area contributed by atoms with Crippen LogP contribution in [0.4, 0.5) is 0 Å². The first kappa shape index (κ1) is 27.3. The van der Waals surface area contributed by atoms with E-state index in [1.165, 1.54) is 12.2 Å². The summed E-state index contributed by atoms with van der Waals surface area (Å²) in [7, 11) is 0. The molecule has 0 aromatic heterocycles. The summed E-state index contributed by atoms with van der Waals surface area (Å²) in [5, 5.41) is 39.4. The normalized spacial score (nSPS) is 24.3. The van der Waals surface area contributed by atoms with Crippen molar-refractivity contribution >= 4 is 23.7 Å². The summed E-state index contributed by atoms with van der Waals surface area (Å²) >= 11 is 0. The fourth-order valence-corrected chi connectivity index (χ4v) is 3.85. The Labute approximate surface area is 210 Å². The number of carbonyl (C=O) groups is 2. The van der Waals surface area contributed by atoms with E-state index in [0.29, 0.717) is 11.3 Å². The Hall–Kier alpha value is -3.30. The van der Waals surface area contributed by atoms with Crippen LogP contribution < -0.4 is 4.74 Å². The van der Waals surface area contributed by atoms with Crippen molar-refractivity contribution in [2.24, 2.45) is 5.92 Å². The van der Waals surface area contributed by atoms with E-state index in [2.05, 4.69) is 0 Å². The molecule has 1 aliphatic heterocycles. The number of aryl methyl sites for hydroxylation is 2. The summed E-state index contributed by atoms with van der Waals surface area (Å²) < 4.78 is 11.3. The van der Waals surface area contributed by atoms with Crippen molar-refractivity contribution in [1.29, 1.82) is 0 Å². The minimum atomic E-state index is -1.08. The number of phenolic OH excluding ortho intramolecular Hbond substituents is 1. The molecule has 8 heteroatoms. The zero-order valence-electron chi connectivity index (χ0n) is 20.5. The van der Waals surface area contributed by atoms with Gasteiger partial charge in [-0.25, -0.2) is 0 Å². The number of benzene rings is 2. The smallest absolute Gasteiger partial charge is 0.226 e. The standard InChI is InChI=1S/C28H32O8/c1-16-12-19(6-10-23(16)32)4-8-21(30)14-22(31)9-5-20-7-11-24(17(2)13-20)35-28-27(34)18(3)26(33)25(15-29)36-28/h4-13,18,25-29,32-34H,14-15H2,1-3H3/b8-4+,9-5+/t18-,25+,26-,27+,28+/m0/s1. The van der Waals surface area contributed by atoms with Crippen molar-refractivity contribution < 1.29 is 39.5 Å². The van der Waals surface area contributed by atoms with Gasteiger partial charge in [-0.05, 0) is 72.5 Å². The highest BCUT2D eigenvalue weighted by Gasteiger charge is 2.43. The molecular formula is C28H32O8. The maximum atomic E-state index is 12.2. The van der Waals surface area contributed by atoms with Crippen molar-refractivity contribution in [2.75, 3.05) is 6.61 Å².